The van der Waals surface area contributed by atoms with E-state index in [-0.39, 0.29) is 0 Å². The first kappa shape index (κ1) is 7.33. The highest BCUT2D eigenvalue weighted by molar-refractivity contribution is 7.13. The summed E-state index contributed by atoms with van der Waals surface area (Å²) in [6.45, 7) is 0. The summed E-state index contributed by atoms with van der Waals surface area (Å²) in [6.07, 6.45) is 0. The summed E-state index contributed by atoms with van der Waals surface area (Å²) in [4.78, 5) is 19.6. The fourth-order valence-electron chi connectivity index (χ4n) is 0.119. The van der Waals surface area contributed by atoms with Crippen LogP contribution >= 0.6 is 9.39 Å². The number of hydrogen-bond acceptors (Lipinski definition) is 3. The first-order valence-corrected chi connectivity index (χ1v) is 2.25. The molecule has 1 amide bonds. The first-order chi connectivity index (χ1) is 3.68. The minimum absolute atomic E-state index is 1.08. The van der Waals surface area contributed by atoms with Crippen LogP contribution in [0.15, 0.2) is 0 Å². The lowest BCUT2D eigenvalue weighted by Crippen LogP contribution is -2.35. The van der Waals surface area contributed by atoms with E-state index in [0.29, 0.717) is 0 Å². The van der Waals surface area contributed by atoms with Gasteiger partial charge in [-0.1, -0.05) is 0 Å². The lowest BCUT2D eigenvalue weighted by Gasteiger charge is -1.93. The topological polar surface area (TPSA) is 78.4 Å². The molecule has 46 valence electrons. The van der Waals surface area contributed by atoms with Crippen LogP contribution in [0.5, 0.6) is 0 Å². The number of hydrazine groups is 1. The van der Waals surface area contributed by atoms with Crippen LogP contribution in [0.4, 0.5) is 0 Å². The number of amides is 1. The summed E-state index contributed by atoms with van der Waals surface area (Å²) >= 11 is 0. The van der Waals surface area contributed by atoms with Crippen molar-refractivity contribution in [3.05, 3.63) is 0 Å². The fourth-order valence-corrected chi connectivity index (χ4v) is 0.250. The zero-order valence-corrected chi connectivity index (χ0v) is 5.00. The van der Waals surface area contributed by atoms with Gasteiger partial charge in [0, 0.05) is 0 Å². The van der Waals surface area contributed by atoms with Crippen molar-refractivity contribution in [1.82, 2.24) is 10.6 Å². The number of rotatable bonds is 1. The number of carboxylic acid groups (broad SMARTS) is 1. The predicted molar refractivity (Wildman–Crippen MR) is 28.6 cm³/mol. The van der Waals surface area contributed by atoms with Gasteiger partial charge in [-0.25, -0.2) is 9.99 Å². The average molecular weight is 136 g/mol. The molecule has 6 heteroatoms. The van der Waals surface area contributed by atoms with Gasteiger partial charge in [0.25, 0.3) is 0 Å². The van der Waals surface area contributed by atoms with Gasteiger partial charge in [-0.05, 0) is 9.39 Å². The van der Waals surface area contributed by atoms with Gasteiger partial charge in [-0.15, -0.1) is 0 Å². The van der Waals surface area contributed by atoms with Crippen LogP contribution in [0.1, 0.15) is 0 Å². The smallest absolute Gasteiger partial charge is 0.395 e. The average Bonchev–Trinajstić information content (AvgIpc) is 1.67. The first-order valence-electron chi connectivity index (χ1n) is 1.67. The molecule has 0 radical (unpaired) electrons. The van der Waals surface area contributed by atoms with E-state index in [0.717, 1.165) is 0 Å². The third-order valence-electron chi connectivity index (χ3n) is 0.380. The second-order valence-corrected chi connectivity index (χ2v) is 1.19. The van der Waals surface area contributed by atoms with Crippen molar-refractivity contribution in [3.8, 4) is 0 Å². The second-order valence-electron chi connectivity index (χ2n) is 0.904. The number of nitrogens with one attached hydrogen (secondary N) is 2. The third-order valence-corrected chi connectivity index (χ3v) is 0.524. The predicted octanol–water partition coefficient (Wildman–Crippen LogP) is -1.52. The molecule has 0 aliphatic heterocycles. The molecule has 0 aliphatic rings. The Balaban J connectivity index is 3.49. The standard InChI is InChI=1S/C2H5N2O3P/c5-1(2(6)7)3-4-8/h4H,8H2,(H,3,5)(H,6,7). The van der Waals surface area contributed by atoms with E-state index in [1.165, 1.54) is 0 Å². The summed E-state index contributed by atoms with van der Waals surface area (Å²) < 4.78 is 0. The highest BCUT2D eigenvalue weighted by atomic mass is 31.0. The molecule has 0 saturated heterocycles. The molecular formula is C2H5N2O3P. The van der Waals surface area contributed by atoms with Crippen molar-refractivity contribution in [1.29, 1.82) is 0 Å². The zero-order chi connectivity index (χ0) is 6.57. The summed E-state index contributed by atoms with van der Waals surface area (Å²) in [5, 5.41) is 9.94. The van der Waals surface area contributed by atoms with Crippen molar-refractivity contribution < 1.29 is 14.7 Å². The Bertz CT molecular complexity index is 114. The Morgan fingerprint density at radius 3 is 2.12 bits per heavy atom. The maximum Gasteiger partial charge on any atom is 0.395 e. The summed E-state index contributed by atoms with van der Waals surface area (Å²) in [5.74, 6) is -2.60. The molecule has 0 aromatic rings. The molecule has 3 N–H and O–H groups in total. The van der Waals surface area contributed by atoms with Crippen molar-refractivity contribution >= 4 is 21.3 Å². The van der Waals surface area contributed by atoms with Gasteiger partial charge in [0.1, 0.15) is 0 Å². The molecule has 0 aliphatic carbocycles. The van der Waals surface area contributed by atoms with E-state index in [9.17, 15) is 9.59 Å². The van der Waals surface area contributed by atoms with Crippen LogP contribution in [0.2, 0.25) is 0 Å². The lowest BCUT2D eigenvalue weighted by molar-refractivity contribution is -0.150. The lowest BCUT2D eigenvalue weighted by atomic mass is 10.7. The normalized spacial score (nSPS) is 8.12. The molecule has 0 bridgehead atoms. The third kappa shape index (κ3) is 2.49. The largest absolute Gasteiger partial charge is 0.474 e. The molecule has 1 atom stereocenters. The number of carboxylic acids is 1. The maximum atomic E-state index is 9.96. The Morgan fingerprint density at radius 2 is 2.00 bits per heavy atom. The molecule has 0 heterocycles. The summed E-state index contributed by atoms with van der Waals surface area (Å²) in [5.41, 5.74) is 1.82. The molecule has 0 rings (SSSR count). The van der Waals surface area contributed by atoms with Crippen molar-refractivity contribution in [3.63, 3.8) is 0 Å². The van der Waals surface area contributed by atoms with Crippen molar-refractivity contribution in [2.45, 2.75) is 0 Å². The van der Waals surface area contributed by atoms with E-state index >= 15 is 0 Å². The number of carbonyl (C=O) groups excluding carboxylic acids is 1. The molecule has 0 aromatic heterocycles. The van der Waals surface area contributed by atoms with E-state index in [4.69, 9.17) is 5.11 Å². The van der Waals surface area contributed by atoms with E-state index < -0.39 is 11.9 Å². The van der Waals surface area contributed by atoms with Gasteiger partial charge < -0.3 is 5.11 Å². The van der Waals surface area contributed by atoms with Gasteiger partial charge in [0.15, 0.2) is 0 Å². The van der Waals surface area contributed by atoms with E-state index in [1.54, 1.807) is 0 Å². The van der Waals surface area contributed by atoms with Gasteiger partial charge in [-0.3, -0.25) is 10.2 Å². The van der Waals surface area contributed by atoms with Crippen LogP contribution in [0, 0.1) is 0 Å². The molecule has 0 spiro atoms. The number of aliphatic carboxylic acids is 1. The van der Waals surface area contributed by atoms with Gasteiger partial charge in [0.2, 0.25) is 0 Å². The minimum atomic E-state index is -1.51. The monoisotopic (exact) mass is 136 g/mol. The number of hydrogen-bond donors (Lipinski definition) is 3. The van der Waals surface area contributed by atoms with Crippen molar-refractivity contribution in [2.75, 3.05) is 0 Å². The number of carbonyl (C=O) groups is 2. The molecule has 8 heavy (non-hydrogen) atoms. The second kappa shape index (κ2) is 3.35. The van der Waals surface area contributed by atoms with Gasteiger partial charge in [-0.2, -0.15) is 0 Å². The quantitative estimate of drug-likeness (QED) is 0.232. The van der Waals surface area contributed by atoms with Crippen LogP contribution < -0.4 is 10.6 Å². The van der Waals surface area contributed by atoms with Crippen LogP contribution in [-0.2, 0) is 9.59 Å². The van der Waals surface area contributed by atoms with Crippen LogP contribution in [0.3, 0.4) is 0 Å². The Kier molecular flexibility index (Phi) is 3.07. The minimum Gasteiger partial charge on any atom is -0.474 e. The molecule has 0 saturated carbocycles. The van der Waals surface area contributed by atoms with Crippen molar-refractivity contribution in [2.24, 2.45) is 0 Å². The maximum absolute atomic E-state index is 9.96. The van der Waals surface area contributed by atoms with Crippen LogP contribution in [-0.4, -0.2) is 17.0 Å². The Morgan fingerprint density at radius 1 is 1.50 bits per heavy atom. The summed E-state index contributed by atoms with van der Waals surface area (Å²) in [7, 11) is 1.92. The SMILES string of the molecule is O=C(O)C(=O)NNP. The highest BCUT2D eigenvalue weighted by Crippen LogP contribution is 1.63. The summed E-state index contributed by atoms with van der Waals surface area (Å²) in [6, 6.07) is 0. The molecule has 1 unspecified atom stereocenters. The zero-order valence-electron chi connectivity index (χ0n) is 3.84. The van der Waals surface area contributed by atoms with E-state index in [1.807, 2.05) is 14.8 Å². The molecule has 0 fully saturated rings. The highest BCUT2D eigenvalue weighted by Gasteiger charge is 2.07. The van der Waals surface area contributed by atoms with Gasteiger partial charge >= 0.3 is 11.9 Å². The van der Waals surface area contributed by atoms with Gasteiger partial charge in [0.05, 0.1) is 0 Å². The molecule has 0 aromatic carbocycles. The van der Waals surface area contributed by atoms with Crippen LogP contribution in [0.25, 0.3) is 0 Å². The molecule has 5 nitrogen and oxygen atoms in total. The molecular weight excluding hydrogens is 131 g/mol. The van der Waals surface area contributed by atoms with E-state index in [2.05, 4.69) is 5.20 Å². The Hall–Kier alpha value is -0.670. The fraction of sp³-hybridized carbons (Fsp3) is 0. The Labute approximate surface area is 47.7 Å².